The summed E-state index contributed by atoms with van der Waals surface area (Å²) in [4.78, 5) is 21.0. The Morgan fingerprint density at radius 1 is 1.29 bits per heavy atom. The molecule has 0 aromatic heterocycles. The van der Waals surface area contributed by atoms with E-state index in [0.717, 1.165) is 12.8 Å². The van der Waals surface area contributed by atoms with Gasteiger partial charge >= 0.3 is 11.9 Å². The fraction of sp³-hybridized carbons (Fsp3) is 0.867. The van der Waals surface area contributed by atoms with Crippen LogP contribution >= 0.6 is 0 Å². The van der Waals surface area contributed by atoms with Gasteiger partial charge in [0.2, 0.25) is 0 Å². The maximum absolute atomic E-state index is 10.8. The van der Waals surface area contributed by atoms with Gasteiger partial charge in [0.15, 0.2) is 0 Å². The minimum atomic E-state index is -0.754. The Labute approximate surface area is 127 Å². The lowest BCUT2D eigenvalue weighted by Crippen LogP contribution is -2.42. The average molecular weight is 302 g/mol. The fourth-order valence-corrected chi connectivity index (χ4v) is 2.02. The zero-order valence-corrected chi connectivity index (χ0v) is 13.6. The summed E-state index contributed by atoms with van der Waals surface area (Å²) in [7, 11) is 1.34. The molecule has 1 rings (SSSR count). The molecule has 1 saturated carbocycles. The molecular weight excluding hydrogens is 272 g/mol. The minimum absolute atomic E-state index is 0.116. The lowest BCUT2D eigenvalue weighted by molar-refractivity contribution is -0.144. The van der Waals surface area contributed by atoms with Gasteiger partial charge in [-0.15, -0.1) is 0 Å². The van der Waals surface area contributed by atoms with Gasteiger partial charge in [-0.2, -0.15) is 0 Å². The Morgan fingerprint density at radius 3 is 2.14 bits per heavy atom. The summed E-state index contributed by atoms with van der Waals surface area (Å²) in [6.07, 6.45) is 6.10. The van der Waals surface area contributed by atoms with Crippen LogP contribution in [0.1, 0.15) is 52.9 Å². The first-order valence-electron chi connectivity index (χ1n) is 7.47. The van der Waals surface area contributed by atoms with Crippen LogP contribution < -0.4 is 11.1 Å². The van der Waals surface area contributed by atoms with Crippen LogP contribution in [0.4, 0.5) is 0 Å². The molecule has 0 bridgehead atoms. The van der Waals surface area contributed by atoms with Crippen LogP contribution in [-0.2, 0) is 14.3 Å². The molecule has 1 fully saturated rings. The Bertz CT molecular complexity index is 320. The number of nitrogens with one attached hydrogen (secondary N) is 1. The third-order valence-corrected chi connectivity index (χ3v) is 3.54. The Kier molecular flexibility index (Phi) is 9.21. The van der Waals surface area contributed by atoms with Crippen molar-refractivity contribution in [2.45, 2.75) is 65.0 Å². The largest absolute Gasteiger partial charge is 0.480 e. The number of carboxylic acid groups (broad SMARTS) is 1. The van der Waals surface area contributed by atoms with E-state index < -0.39 is 12.0 Å². The summed E-state index contributed by atoms with van der Waals surface area (Å²) >= 11 is 0. The molecule has 0 radical (unpaired) electrons. The van der Waals surface area contributed by atoms with Crippen LogP contribution in [0.3, 0.4) is 0 Å². The molecule has 1 aliphatic rings. The van der Waals surface area contributed by atoms with Crippen molar-refractivity contribution in [2.75, 3.05) is 13.7 Å². The van der Waals surface area contributed by atoms with E-state index in [1.165, 1.54) is 26.4 Å². The quantitative estimate of drug-likeness (QED) is 0.681. The lowest BCUT2D eigenvalue weighted by atomic mass is 9.88. The topological polar surface area (TPSA) is 102 Å². The molecule has 1 aliphatic carbocycles. The second-order valence-electron chi connectivity index (χ2n) is 6.48. The summed E-state index contributed by atoms with van der Waals surface area (Å²) in [5.41, 5.74) is 5.32. The lowest BCUT2D eigenvalue weighted by Gasteiger charge is -2.23. The zero-order valence-electron chi connectivity index (χ0n) is 13.6. The maximum atomic E-state index is 10.8. The molecule has 0 aromatic carbocycles. The van der Waals surface area contributed by atoms with E-state index in [4.69, 9.17) is 10.8 Å². The molecule has 124 valence electrons. The Hall–Kier alpha value is -1.14. The molecular formula is C15H30N2O4. The number of rotatable bonds is 4. The van der Waals surface area contributed by atoms with Gasteiger partial charge in [0.25, 0.3) is 0 Å². The third kappa shape index (κ3) is 9.42. The van der Waals surface area contributed by atoms with E-state index in [1.54, 1.807) is 0 Å². The number of carboxylic acids is 1. The predicted octanol–water partition coefficient (Wildman–Crippen LogP) is 1.53. The van der Waals surface area contributed by atoms with E-state index in [1.807, 2.05) is 20.8 Å². The molecule has 6 nitrogen and oxygen atoms in total. The van der Waals surface area contributed by atoms with Crippen LogP contribution in [0.2, 0.25) is 0 Å². The van der Waals surface area contributed by atoms with Crippen molar-refractivity contribution in [2.24, 2.45) is 11.1 Å². The molecule has 1 unspecified atom stereocenters. The van der Waals surface area contributed by atoms with E-state index in [2.05, 4.69) is 10.1 Å². The normalized spacial score (nSPS) is 17.4. The highest BCUT2D eigenvalue weighted by atomic mass is 16.5. The van der Waals surface area contributed by atoms with Crippen LogP contribution in [0, 0.1) is 5.41 Å². The van der Waals surface area contributed by atoms with Gasteiger partial charge in [0, 0.05) is 6.04 Å². The number of nitrogens with two attached hydrogens (primary N) is 1. The van der Waals surface area contributed by atoms with Crippen molar-refractivity contribution >= 4 is 11.9 Å². The van der Waals surface area contributed by atoms with Crippen molar-refractivity contribution in [3.63, 3.8) is 0 Å². The molecule has 0 aromatic rings. The van der Waals surface area contributed by atoms with E-state index in [0.29, 0.717) is 6.04 Å². The van der Waals surface area contributed by atoms with Gasteiger partial charge in [-0.25, -0.2) is 0 Å². The molecule has 0 spiro atoms. The number of hydrogen-bond donors (Lipinski definition) is 3. The molecule has 1 atom stereocenters. The van der Waals surface area contributed by atoms with Crippen LogP contribution in [-0.4, -0.2) is 42.8 Å². The van der Waals surface area contributed by atoms with Crippen molar-refractivity contribution < 1.29 is 19.4 Å². The van der Waals surface area contributed by atoms with Crippen molar-refractivity contribution in [1.29, 1.82) is 0 Å². The van der Waals surface area contributed by atoms with Crippen LogP contribution in [0.25, 0.3) is 0 Å². The molecule has 0 saturated heterocycles. The molecule has 0 heterocycles. The standard InChI is InChI=1S/C8H15NO2.C7H15NO2/c10-8(11)6-9-7-4-2-1-3-5-7;1-7(2,3)5(8)6(9)10-4/h7,9H,1-6H2,(H,10,11);5H,8H2,1-4H3. The zero-order chi connectivity index (χ0) is 16.5. The van der Waals surface area contributed by atoms with Crippen molar-refractivity contribution in [1.82, 2.24) is 5.32 Å². The van der Waals surface area contributed by atoms with E-state index >= 15 is 0 Å². The highest BCUT2D eigenvalue weighted by Crippen LogP contribution is 2.18. The van der Waals surface area contributed by atoms with Gasteiger partial charge in [0.1, 0.15) is 6.04 Å². The Balaban J connectivity index is 0.000000384. The number of carbonyl (C=O) groups is 2. The maximum Gasteiger partial charge on any atom is 0.323 e. The molecule has 21 heavy (non-hydrogen) atoms. The first kappa shape index (κ1) is 19.9. The number of methoxy groups -OCH3 is 1. The molecule has 0 aliphatic heterocycles. The van der Waals surface area contributed by atoms with Crippen molar-refractivity contribution in [3.8, 4) is 0 Å². The number of esters is 1. The highest BCUT2D eigenvalue weighted by molar-refractivity contribution is 5.76. The average Bonchev–Trinajstić information content (AvgIpc) is 2.44. The predicted molar refractivity (Wildman–Crippen MR) is 82.0 cm³/mol. The van der Waals surface area contributed by atoms with Gasteiger partial charge in [-0.3, -0.25) is 9.59 Å². The van der Waals surface area contributed by atoms with Crippen molar-refractivity contribution in [3.05, 3.63) is 0 Å². The first-order chi connectivity index (χ1) is 9.68. The number of carbonyl (C=O) groups excluding carboxylic acids is 1. The number of ether oxygens (including phenoxy) is 1. The van der Waals surface area contributed by atoms with E-state index in [-0.39, 0.29) is 17.9 Å². The molecule has 4 N–H and O–H groups in total. The molecule has 6 heteroatoms. The summed E-state index contributed by atoms with van der Waals surface area (Å²) in [5.74, 6) is -1.11. The second-order valence-corrected chi connectivity index (χ2v) is 6.48. The number of hydrogen-bond acceptors (Lipinski definition) is 5. The first-order valence-corrected chi connectivity index (χ1v) is 7.47. The summed E-state index contributed by atoms with van der Waals surface area (Å²) in [6, 6.07) is -0.0719. The SMILES string of the molecule is COC(=O)C(N)C(C)(C)C.O=C(O)CNC1CCCCC1. The van der Waals surface area contributed by atoms with Gasteiger partial charge in [0.05, 0.1) is 13.7 Å². The van der Waals surface area contributed by atoms with Gasteiger partial charge < -0.3 is 20.9 Å². The monoisotopic (exact) mass is 302 g/mol. The second kappa shape index (κ2) is 9.73. The van der Waals surface area contributed by atoms with Gasteiger partial charge in [-0.05, 0) is 18.3 Å². The smallest absolute Gasteiger partial charge is 0.323 e. The summed E-state index contributed by atoms with van der Waals surface area (Å²) in [6.45, 7) is 5.81. The third-order valence-electron chi connectivity index (χ3n) is 3.54. The Morgan fingerprint density at radius 2 is 1.81 bits per heavy atom. The fourth-order valence-electron chi connectivity index (χ4n) is 2.02. The van der Waals surface area contributed by atoms with E-state index in [9.17, 15) is 9.59 Å². The summed E-state index contributed by atoms with van der Waals surface area (Å²) in [5, 5.41) is 11.4. The van der Waals surface area contributed by atoms with Crippen LogP contribution in [0.15, 0.2) is 0 Å². The van der Waals surface area contributed by atoms with Gasteiger partial charge in [-0.1, -0.05) is 40.0 Å². The van der Waals surface area contributed by atoms with Crippen LogP contribution in [0.5, 0.6) is 0 Å². The highest BCUT2D eigenvalue weighted by Gasteiger charge is 2.27. The summed E-state index contributed by atoms with van der Waals surface area (Å²) < 4.78 is 4.47. The molecule has 0 amide bonds. The number of aliphatic carboxylic acids is 1. The minimum Gasteiger partial charge on any atom is -0.480 e.